The first-order valence-electron chi connectivity index (χ1n) is 14.2. The summed E-state index contributed by atoms with van der Waals surface area (Å²) in [4.78, 5) is 8.50. The monoisotopic (exact) mass is 443 g/mol. The Labute approximate surface area is 199 Å². The molecule has 3 heterocycles. The van der Waals surface area contributed by atoms with Gasteiger partial charge in [0.1, 0.15) is 0 Å². The quantitative estimate of drug-likeness (QED) is 0.516. The molecule has 3 saturated heterocycles. The summed E-state index contributed by atoms with van der Waals surface area (Å²) in [6.45, 7) is 22.7. The minimum Gasteiger partial charge on any atom is -0.300 e. The predicted octanol–water partition coefficient (Wildman–Crippen LogP) is 6.03. The molecule has 0 radical (unpaired) electrons. The maximum Gasteiger partial charge on any atom is 0.0125 e. The zero-order valence-electron chi connectivity index (χ0n) is 22.4. The number of piperidine rings is 3. The second kappa shape index (κ2) is 8.23. The van der Waals surface area contributed by atoms with Gasteiger partial charge in [-0.05, 0) is 146 Å². The van der Waals surface area contributed by atoms with E-state index in [0.717, 1.165) is 23.4 Å². The first-order chi connectivity index (χ1) is 15.0. The molecular weight excluding hydrogens is 390 g/mol. The Morgan fingerprint density at radius 1 is 0.562 bits per heavy atom. The maximum absolute atomic E-state index is 2.91. The van der Waals surface area contributed by atoms with Crippen molar-refractivity contribution in [2.75, 3.05) is 39.3 Å². The van der Waals surface area contributed by atoms with Gasteiger partial charge in [-0.15, -0.1) is 0 Å². The van der Waals surface area contributed by atoms with E-state index in [9.17, 15) is 0 Å². The van der Waals surface area contributed by atoms with Crippen molar-refractivity contribution >= 4 is 0 Å². The molecule has 3 aliphatic heterocycles. The van der Waals surface area contributed by atoms with Crippen LogP contribution in [0, 0.1) is 22.2 Å². The number of rotatable bonds is 2. The molecule has 32 heavy (non-hydrogen) atoms. The summed E-state index contributed by atoms with van der Waals surface area (Å²) in [7, 11) is 0. The SMILES string of the molecule is CC(C)(C)C1CCN(C2CC3(CCN(C4CC5(CCN(C(C)(C)C)CC5)C4)CC3)C2)CC1. The zero-order chi connectivity index (χ0) is 22.8. The molecule has 0 aromatic carbocycles. The molecule has 184 valence electrons. The average molecular weight is 444 g/mol. The van der Waals surface area contributed by atoms with Crippen LogP contribution in [0.1, 0.15) is 106 Å². The largest absolute Gasteiger partial charge is 0.300 e. The molecule has 0 bridgehead atoms. The fourth-order valence-corrected chi connectivity index (χ4v) is 8.36. The lowest BCUT2D eigenvalue weighted by Gasteiger charge is -2.60. The molecule has 2 spiro atoms. The molecule has 0 aromatic rings. The molecule has 0 atom stereocenters. The normalized spacial score (nSPS) is 33.4. The van der Waals surface area contributed by atoms with Crippen LogP contribution in [0.3, 0.4) is 0 Å². The summed E-state index contributed by atoms with van der Waals surface area (Å²) in [6, 6.07) is 1.84. The van der Waals surface area contributed by atoms with Gasteiger partial charge in [-0.3, -0.25) is 4.90 Å². The third-order valence-electron chi connectivity index (χ3n) is 11.1. The number of hydrogen-bond acceptors (Lipinski definition) is 3. The standard InChI is InChI=1S/C29H53N3/c1-26(2,3)23-7-13-30(14-8-23)24-19-28(20-24)9-15-31(16-10-28)25-21-29(22-25)11-17-32(18-12-29)27(4,5)6/h23-25H,7-22H2,1-6H3. The van der Waals surface area contributed by atoms with Gasteiger partial charge in [0.15, 0.2) is 0 Å². The highest BCUT2D eigenvalue weighted by Gasteiger charge is 2.52. The Morgan fingerprint density at radius 2 is 0.969 bits per heavy atom. The highest BCUT2D eigenvalue weighted by molar-refractivity contribution is 5.06. The van der Waals surface area contributed by atoms with Crippen LogP contribution in [0.4, 0.5) is 0 Å². The lowest BCUT2D eigenvalue weighted by molar-refractivity contribution is -0.0967. The molecule has 0 aromatic heterocycles. The van der Waals surface area contributed by atoms with Gasteiger partial charge >= 0.3 is 0 Å². The molecule has 5 rings (SSSR count). The number of likely N-dealkylation sites (tertiary alicyclic amines) is 3. The average Bonchev–Trinajstić information content (AvgIpc) is 2.69. The van der Waals surface area contributed by atoms with Gasteiger partial charge in [0.25, 0.3) is 0 Å². The molecule has 3 nitrogen and oxygen atoms in total. The van der Waals surface area contributed by atoms with Crippen molar-refractivity contribution < 1.29 is 0 Å². The van der Waals surface area contributed by atoms with Crippen molar-refractivity contribution in [2.45, 2.75) is 123 Å². The van der Waals surface area contributed by atoms with Crippen molar-refractivity contribution in [3.05, 3.63) is 0 Å². The molecule has 5 fully saturated rings. The molecule has 3 heteroatoms. The van der Waals surface area contributed by atoms with Gasteiger partial charge in [-0.1, -0.05) is 20.8 Å². The van der Waals surface area contributed by atoms with E-state index >= 15 is 0 Å². The Morgan fingerprint density at radius 3 is 1.38 bits per heavy atom. The first kappa shape index (κ1) is 23.6. The van der Waals surface area contributed by atoms with Gasteiger partial charge in [-0.25, -0.2) is 0 Å². The smallest absolute Gasteiger partial charge is 0.0125 e. The van der Waals surface area contributed by atoms with Crippen LogP contribution in [0.5, 0.6) is 0 Å². The fraction of sp³-hybridized carbons (Fsp3) is 1.00. The van der Waals surface area contributed by atoms with Gasteiger partial charge in [0.05, 0.1) is 0 Å². The van der Waals surface area contributed by atoms with Crippen molar-refractivity contribution in [3.8, 4) is 0 Å². The van der Waals surface area contributed by atoms with E-state index in [1.807, 2.05) is 0 Å². The Kier molecular flexibility index (Phi) is 6.07. The molecule has 0 N–H and O–H groups in total. The van der Waals surface area contributed by atoms with Crippen LogP contribution < -0.4 is 0 Å². The lowest BCUT2D eigenvalue weighted by atomic mass is 9.57. The van der Waals surface area contributed by atoms with Crippen LogP contribution in [0.15, 0.2) is 0 Å². The minimum absolute atomic E-state index is 0.356. The van der Waals surface area contributed by atoms with Crippen LogP contribution in [-0.2, 0) is 0 Å². The topological polar surface area (TPSA) is 9.72 Å². The van der Waals surface area contributed by atoms with Gasteiger partial charge < -0.3 is 9.80 Å². The minimum atomic E-state index is 0.356. The molecular formula is C29H53N3. The van der Waals surface area contributed by atoms with Crippen molar-refractivity contribution in [3.63, 3.8) is 0 Å². The lowest BCUT2D eigenvalue weighted by Crippen LogP contribution is -2.61. The van der Waals surface area contributed by atoms with E-state index in [2.05, 4.69) is 56.2 Å². The van der Waals surface area contributed by atoms with Gasteiger partial charge in [0, 0.05) is 17.6 Å². The summed E-state index contributed by atoms with van der Waals surface area (Å²) in [5.41, 5.74) is 2.29. The molecule has 2 saturated carbocycles. The number of hydrogen-bond donors (Lipinski definition) is 0. The second-order valence-electron chi connectivity index (χ2n) is 15.0. The highest BCUT2D eigenvalue weighted by Crippen LogP contribution is 2.55. The second-order valence-corrected chi connectivity index (χ2v) is 15.0. The van der Waals surface area contributed by atoms with Crippen LogP contribution in [0.25, 0.3) is 0 Å². The van der Waals surface area contributed by atoms with Crippen LogP contribution in [-0.4, -0.2) is 71.6 Å². The van der Waals surface area contributed by atoms with Crippen LogP contribution >= 0.6 is 0 Å². The van der Waals surface area contributed by atoms with E-state index in [4.69, 9.17) is 0 Å². The van der Waals surface area contributed by atoms with E-state index < -0.39 is 0 Å². The Balaban J connectivity index is 1.02. The fourth-order valence-electron chi connectivity index (χ4n) is 8.36. The zero-order valence-corrected chi connectivity index (χ0v) is 22.4. The summed E-state index contributed by atoms with van der Waals surface area (Å²) in [5.74, 6) is 0.933. The molecule has 0 unspecified atom stereocenters. The van der Waals surface area contributed by atoms with E-state index in [1.54, 1.807) is 0 Å². The Hall–Kier alpha value is -0.120. The van der Waals surface area contributed by atoms with Crippen LogP contribution in [0.2, 0.25) is 0 Å². The van der Waals surface area contributed by atoms with Gasteiger partial charge in [-0.2, -0.15) is 0 Å². The van der Waals surface area contributed by atoms with Gasteiger partial charge in [0.2, 0.25) is 0 Å². The maximum atomic E-state index is 2.91. The highest BCUT2D eigenvalue weighted by atomic mass is 15.2. The molecule has 2 aliphatic carbocycles. The van der Waals surface area contributed by atoms with Crippen molar-refractivity contribution in [1.82, 2.24) is 14.7 Å². The van der Waals surface area contributed by atoms with E-state index in [0.29, 0.717) is 16.4 Å². The molecule has 0 amide bonds. The summed E-state index contributed by atoms with van der Waals surface area (Å²) in [6.07, 6.45) is 14.8. The van der Waals surface area contributed by atoms with E-state index in [1.165, 1.54) is 103 Å². The first-order valence-corrected chi connectivity index (χ1v) is 14.2. The summed E-state index contributed by atoms with van der Waals surface area (Å²) in [5, 5.41) is 0. The number of nitrogens with zero attached hydrogens (tertiary/aromatic N) is 3. The van der Waals surface area contributed by atoms with Crippen molar-refractivity contribution in [2.24, 2.45) is 22.2 Å². The third kappa shape index (κ3) is 4.57. The Bertz CT molecular complexity index is 631. The summed E-state index contributed by atoms with van der Waals surface area (Å²) < 4.78 is 0. The molecule has 5 aliphatic rings. The van der Waals surface area contributed by atoms with E-state index in [-0.39, 0.29) is 0 Å². The summed E-state index contributed by atoms with van der Waals surface area (Å²) >= 11 is 0. The predicted molar refractivity (Wildman–Crippen MR) is 136 cm³/mol. The third-order valence-corrected chi connectivity index (χ3v) is 11.1. The van der Waals surface area contributed by atoms with Crippen molar-refractivity contribution in [1.29, 1.82) is 0 Å².